The van der Waals surface area contributed by atoms with Crippen molar-refractivity contribution in [3.63, 3.8) is 0 Å². The van der Waals surface area contributed by atoms with Crippen LogP contribution in [0.3, 0.4) is 0 Å². The zero-order valence-electron chi connectivity index (χ0n) is 10.9. The van der Waals surface area contributed by atoms with E-state index in [0.29, 0.717) is 19.8 Å². The minimum Gasteiger partial charge on any atom is -0.375 e. The minimum absolute atomic E-state index is 0.148. The van der Waals surface area contributed by atoms with Crippen LogP contribution in [-0.4, -0.2) is 6.61 Å². The van der Waals surface area contributed by atoms with Gasteiger partial charge in [-0.3, -0.25) is 0 Å². The average Bonchev–Trinajstić information content (AvgIpc) is 2.48. The molecule has 1 unspecified atom stereocenters. The van der Waals surface area contributed by atoms with E-state index in [-0.39, 0.29) is 11.9 Å². The zero-order valence-corrected chi connectivity index (χ0v) is 12.5. The van der Waals surface area contributed by atoms with Crippen molar-refractivity contribution in [2.45, 2.75) is 19.2 Å². The lowest BCUT2D eigenvalue weighted by atomic mass is 9.99. The Balaban J connectivity index is 1.75. The van der Waals surface area contributed by atoms with Crippen molar-refractivity contribution in [1.29, 1.82) is 0 Å². The Morgan fingerprint density at radius 2 is 2.10 bits per heavy atom. The van der Waals surface area contributed by atoms with Gasteiger partial charge in [0.1, 0.15) is 5.82 Å². The highest BCUT2D eigenvalue weighted by atomic mass is 79.9. The van der Waals surface area contributed by atoms with Crippen molar-refractivity contribution in [1.82, 2.24) is 5.32 Å². The molecule has 4 heteroatoms. The minimum atomic E-state index is -0.217. The van der Waals surface area contributed by atoms with Crippen molar-refractivity contribution in [3.05, 3.63) is 69.4 Å². The summed E-state index contributed by atoms with van der Waals surface area (Å²) in [5.74, 6) is -0.217. The van der Waals surface area contributed by atoms with E-state index in [4.69, 9.17) is 4.74 Å². The van der Waals surface area contributed by atoms with Crippen LogP contribution in [0.1, 0.15) is 22.7 Å². The molecule has 20 heavy (non-hydrogen) atoms. The highest BCUT2D eigenvalue weighted by Gasteiger charge is 2.19. The molecule has 0 spiro atoms. The number of rotatable bonds is 3. The summed E-state index contributed by atoms with van der Waals surface area (Å²) in [5, 5.41) is 3.44. The van der Waals surface area contributed by atoms with E-state index in [1.165, 1.54) is 17.2 Å². The summed E-state index contributed by atoms with van der Waals surface area (Å²) in [6, 6.07) is 13.1. The Morgan fingerprint density at radius 1 is 1.25 bits per heavy atom. The Morgan fingerprint density at radius 3 is 3.00 bits per heavy atom. The van der Waals surface area contributed by atoms with Gasteiger partial charge in [0, 0.05) is 11.0 Å². The number of hydrogen-bond acceptors (Lipinski definition) is 2. The third-order valence-corrected chi connectivity index (χ3v) is 4.29. The molecule has 0 radical (unpaired) electrons. The lowest BCUT2D eigenvalue weighted by Gasteiger charge is -2.26. The molecule has 1 aliphatic rings. The van der Waals surface area contributed by atoms with Gasteiger partial charge in [-0.25, -0.2) is 4.39 Å². The molecular formula is C16H15BrFNO. The monoisotopic (exact) mass is 335 g/mol. The fourth-order valence-corrected chi connectivity index (χ4v) is 2.85. The third-order valence-electron chi connectivity index (χ3n) is 3.52. The van der Waals surface area contributed by atoms with E-state index < -0.39 is 0 Å². The molecule has 2 aromatic carbocycles. The van der Waals surface area contributed by atoms with Gasteiger partial charge in [-0.05, 0) is 34.9 Å². The molecule has 0 bridgehead atoms. The Kier molecular flexibility index (Phi) is 4.15. The summed E-state index contributed by atoms with van der Waals surface area (Å²) in [6.07, 6.45) is 0. The number of halogens is 2. The highest BCUT2D eigenvalue weighted by molar-refractivity contribution is 9.10. The fraction of sp³-hybridized carbons (Fsp3) is 0.250. The van der Waals surface area contributed by atoms with Crippen LogP contribution in [0, 0.1) is 5.82 Å². The molecule has 1 N–H and O–H groups in total. The van der Waals surface area contributed by atoms with Gasteiger partial charge in [0.15, 0.2) is 0 Å². The summed E-state index contributed by atoms with van der Waals surface area (Å²) in [5.41, 5.74) is 3.40. The Bertz CT molecular complexity index is 617. The quantitative estimate of drug-likeness (QED) is 0.916. The molecule has 1 aliphatic heterocycles. The van der Waals surface area contributed by atoms with E-state index in [2.05, 4.69) is 33.4 Å². The van der Waals surface area contributed by atoms with Gasteiger partial charge in [-0.1, -0.05) is 40.2 Å². The van der Waals surface area contributed by atoms with Gasteiger partial charge < -0.3 is 10.1 Å². The van der Waals surface area contributed by atoms with Crippen LogP contribution in [0.4, 0.5) is 4.39 Å². The first kappa shape index (κ1) is 13.7. The first-order valence-electron chi connectivity index (χ1n) is 6.57. The van der Waals surface area contributed by atoms with Crippen LogP contribution < -0.4 is 5.32 Å². The SMILES string of the molecule is Fc1ccc(Br)c(CNC2COCc3ccccc32)c1. The maximum absolute atomic E-state index is 13.3. The van der Waals surface area contributed by atoms with Gasteiger partial charge >= 0.3 is 0 Å². The largest absolute Gasteiger partial charge is 0.375 e. The fourth-order valence-electron chi connectivity index (χ4n) is 2.46. The summed E-state index contributed by atoms with van der Waals surface area (Å²) >= 11 is 3.45. The molecule has 0 aromatic heterocycles. The van der Waals surface area contributed by atoms with Crippen LogP contribution in [0.2, 0.25) is 0 Å². The summed E-state index contributed by atoms with van der Waals surface area (Å²) in [4.78, 5) is 0. The molecule has 3 rings (SSSR count). The second-order valence-electron chi connectivity index (χ2n) is 4.88. The average molecular weight is 336 g/mol. The van der Waals surface area contributed by atoms with Crippen molar-refractivity contribution in [2.24, 2.45) is 0 Å². The maximum Gasteiger partial charge on any atom is 0.123 e. The number of ether oxygens (including phenoxy) is 1. The molecular weight excluding hydrogens is 321 g/mol. The lowest BCUT2D eigenvalue weighted by Crippen LogP contribution is -2.29. The number of hydrogen-bond donors (Lipinski definition) is 1. The molecule has 2 aromatic rings. The Hall–Kier alpha value is -1.23. The van der Waals surface area contributed by atoms with Crippen molar-refractivity contribution in [3.8, 4) is 0 Å². The topological polar surface area (TPSA) is 21.3 Å². The third kappa shape index (κ3) is 2.92. The van der Waals surface area contributed by atoms with Gasteiger partial charge in [0.05, 0.1) is 19.3 Å². The second-order valence-corrected chi connectivity index (χ2v) is 5.74. The van der Waals surface area contributed by atoms with Crippen LogP contribution in [0.15, 0.2) is 46.9 Å². The summed E-state index contributed by atoms with van der Waals surface area (Å²) in [6.45, 7) is 1.91. The molecule has 0 aliphatic carbocycles. The van der Waals surface area contributed by atoms with E-state index in [9.17, 15) is 4.39 Å². The lowest BCUT2D eigenvalue weighted by molar-refractivity contribution is 0.0816. The van der Waals surface area contributed by atoms with E-state index in [1.54, 1.807) is 12.1 Å². The number of benzene rings is 2. The van der Waals surface area contributed by atoms with Crippen molar-refractivity contribution < 1.29 is 9.13 Å². The van der Waals surface area contributed by atoms with Crippen molar-refractivity contribution in [2.75, 3.05) is 6.61 Å². The predicted molar refractivity (Wildman–Crippen MR) is 79.8 cm³/mol. The van der Waals surface area contributed by atoms with E-state index in [0.717, 1.165) is 10.0 Å². The van der Waals surface area contributed by atoms with Gasteiger partial charge in [-0.15, -0.1) is 0 Å². The standard InChI is InChI=1S/C16H15BrFNO/c17-15-6-5-13(18)7-12(15)8-19-16-10-20-9-11-3-1-2-4-14(11)16/h1-7,16,19H,8-10H2. The zero-order chi connectivity index (χ0) is 13.9. The smallest absolute Gasteiger partial charge is 0.123 e. The second kappa shape index (κ2) is 6.04. The molecule has 104 valence electrons. The number of fused-ring (bicyclic) bond motifs is 1. The maximum atomic E-state index is 13.3. The van der Waals surface area contributed by atoms with Gasteiger partial charge in [-0.2, -0.15) is 0 Å². The van der Waals surface area contributed by atoms with Crippen molar-refractivity contribution >= 4 is 15.9 Å². The molecule has 1 heterocycles. The van der Waals surface area contributed by atoms with Gasteiger partial charge in [0.25, 0.3) is 0 Å². The summed E-state index contributed by atoms with van der Waals surface area (Å²) in [7, 11) is 0. The molecule has 0 saturated heterocycles. The number of nitrogens with one attached hydrogen (secondary N) is 1. The molecule has 0 amide bonds. The van der Waals surface area contributed by atoms with E-state index in [1.807, 2.05) is 12.1 Å². The molecule has 1 atom stereocenters. The molecule has 0 fully saturated rings. The van der Waals surface area contributed by atoms with Crippen LogP contribution in [-0.2, 0) is 17.9 Å². The van der Waals surface area contributed by atoms with Crippen LogP contribution >= 0.6 is 15.9 Å². The summed E-state index contributed by atoms with van der Waals surface area (Å²) < 4.78 is 19.8. The van der Waals surface area contributed by atoms with E-state index >= 15 is 0 Å². The van der Waals surface area contributed by atoms with Gasteiger partial charge in [0.2, 0.25) is 0 Å². The predicted octanol–water partition coefficient (Wildman–Crippen LogP) is 3.95. The molecule has 2 nitrogen and oxygen atoms in total. The molecule has 0 saturated carbocycles. The Labute approximate surface area is 126 Å². The normalized spacial score (nSPS) is 17.8. The highest BCUT2D eigenvalue weighted by Crippen LogP contribution is 2.25. The van der Waals surface area contributed by atoms with Crippen LogP contribution in [0.25, 0.3) is 0 Å². The van der Waals surface area contributed by atoms with Crippen LogP contribution in [0.5, 0.6) is 0 Å². The first-order valence-corrected chi connectivity index (χ1v) is 7.36. The first-order chi connectivity index (χ1) is 9.74.